The van der Waals surface area contributed by atoms with Gasteiger partial charge in [-0.05, 0) is 25.8 Å². The maximum absolute atomic E-state index is 4.05. The lowest BCUT2D eigenvalue weighted by Gasteiger charge is -2.10. The fraction of sp³-hybridized carbons (Fsp3) is 0.800. The third-order valence-corrected chi connectivity index (χ3v) is 2.11. The molecule has 0 heterocycles. The van der Waals surface area contributed by atoms with E-state index in [4.69, 9.17) is 0 Å². The van der Waals surface area contributed by atoms with Gasteiger partial charge in [0.05, 0.1) is 0 Å². The number of hydrogen-bond acceptors (Lipinski definition) is 2. The van der Waals surface area contributed by atoms with Crippen molar-refractivity contribution in [1.82, 2.24) is 10.9 Å². The maximum atomic E-state index is 4.05. The molecule has 0 saturated carbocycles. The van der Waals surface area contributed by atoms with E-state index in [1.807, 2.05) is 7.05 Å². The minimum atomic E-state index is 0.784. The van der Waals surface area contributed by atoms with Crippen LogP contribution in [0.3, 0.4) is 0 Å². The predicted octanol–water partition coefficient (Wildman–Crippen LogP) is 2.09. The molecule has 1 unspecified atom stereocenters. The van der Waals surface area contributed by atoms with E-state index in [0.29, 0.717) is 0 Å². The SMILES string of the molecule is C=C(CCNNC)CC(C)CC. The first-order valence-electron chi connectivity index (χ1n) is 4.77. The third-order valence-electron chi connectivity index (χ3n) is 2.11. The van der Waals surface area contributed by atoms with Crippen molar-refractivity contribution in [1.29, 1.82) is 0 Å². The molecule has 0 saturated heterocycles. The molecule has 0 fully saturated rings. The van der Waals surface area contributed by atoms with E-state index in [1.165, 1.54) is 18.4 Å². The summed E-state index contributed by atoms with van der Waals surface area (Å²) in [4.78, 5) is 0. The van der Waals surface area contributed by atoms with E-state index < -0.39 is 0 Å². The topological polar surface area (TPSA) is 24.1 Å². The summed E-state index contributed by atoms with van der Waals surface area (Å²) >= 11 is 0. The molecule has 0 spiro atoms. The number of nitrogens with one attached hydrogen (secondary N) is 2. The van der Waals surface area contributed by atoms with Gasteiger partial charge in [0.25, 0.3) is 0 Å². The van der Waals surface area contributed by atoms with E-state index in [0.717, 1.165) is 18.9 Å². The first kappa shape index (κ1) is 11.7. The molecule has 0 rings (SSSR count). The van der Waals surface area contributed by atoms with Gasteiger partial charge in [-0.3, -0.25) is 10.9 Å². The van der Waals surface area contributed by atoms with Crippen molar-refractivity contribution in [3.05, 3.63) is 12.2 Å². The summed E-state index contributed by atoms with van der Waals surface area (Å²) in [5, 5.41) is 0. The monoisotopic (exact) mass is 170 g/mol. The van der Waals surface area contributed by atoms with E-state index in [2.05, 4.69) is 31.3 Å². The Labute approximate surface area is 76.4 Å². The standard InChI is InChI=1S/C10H22N2/c1-5-9(2)8-10(3)6-7-12-11-4/h9,11-12H,3,5-8H2,1-2,4H3. The Morgan fingerprint density at radius 3 is 2.67 bits per heavy atom. The van der Waals surface area contributed by atoms with Gasteiger partial charge in [-0.15, -0.1) is 0 Å². The fourth-order valence-electron chi connectivity index (χ4n) is 1.10. The molecule has 2 heteroatoms. The van der Waals surface area contributed by atoms with Crippen LogP contribution in [0.15, 0.2) is 12.2 Å². The highest BCUT2D eigenvalue weighted by atomic mass is 15.3. The van der Waals surface area contributed by atoms with Gasteiger partial charge in [0.1, 0.15) is 0 Å². The third kappa shape index (κ3) is 6.38. The highest BCUT2D eigenvalue weighted by Crippen LogP contribution is 2.14. The van der Waals surface area contributed by atoms with Gasteiger partial charge in [0.15, 0.2) is 0 Å². The van der Waals surface area contributed by atoms with E-state index >= 15 is 0 Å². The highest BCUT2D eigenvalue weighted by molar-refractivity contribution is 4.95. The van der Waals surface area contributed by atoms with Crippen molar-refractivity contribution < 1.29 is 0 Å². The zero-order valence-corrected chi connectivity index (χ0v) is 8.61. The Bertz CT molecular complexity index is 121. The van der Waals surface area contributed by atoms with Gasteiger partial charge in [0, 0.05) is 6.54 Å². The van der Waals surface area contributed by atoms with Crippen LogP contribution in [-0.4, -0.2) is 13.6 Å². The number of hydrogen-bond donors (Lipinski definition) is 2. The second-order valence-corrected chi connectivity index (χ2v) is 3.39. The van der Waals surface area contributed by atoms with Gasteiger partial charge in [-0.1, -0.05) is 32.4 Å². The van der Waals surface area contributed by atoms with Crippen LogP contribution in [0.25, 0.3) is 0 Å². The summed E-state index contributed by atoms with van der Waals surface area (Å²) in [6.45, 7) is 9.53. The molecule has 0 aliphatic rings. The van der Waals surface area contributed by atoms with Gasteiger partial charge in [-0.2, -0.15) is 0 Å². The molecule has 72 valence electrons. The van der Waals surface area contributed by atoms with Gasteiger partial charge in [0.2, 0.25) is 0 Å². The summed E-state index contributed by atoms with van der Waals surface area (Å²) in [5.74, 6) is 0.784. The van der Waals surface area contributed by atoms with Crippen LogP contribution in [0.4, 0.5) is 0 Å². The van der Waals surface area contributed by atoms with Crippen molar-refractivity contribution in [3.63, 3.8) is 0 Å². The molecule has 12 heavy (non-hydrogen) atoms. The molecule has 0 bridgehead atoms. The lowest BCUT2D eigenvalue weighted by Crippen LogP contribution is -2.28. The Balaban J connectivity index is 3.33. The highest BCUT2D eigenvalue weighted by Gasteiger charge is 2.00. The zero-order chi connectivity index (χ0) is 9.40. The largest absolute Gasteiger partial charge is 0.261 e. The van der Waals surface area contributed by atoms with Crippen molar-refractivity contribution in [2.24, 2.45) is 5.92 Å². The van der Waals surface area contributed by atoms with Crippen LogP contribution >= 0.6 is 0 Å². The van der Waals surface area contributed by atoms with Gasteiger partial charge < -0.3 is 0 Å². The molecule has 2 nitrogen and oxygen atoms in total. The summed E-state index contributed by atoms with van der Waals surface area (Å²) < 4.78 is 0. The lowest BCUT2D eigenvalue weighted by atomic mass is 9.98. The molecular weight excluding hydrogens is 148 g/mol. The first-order chi connectivity index (χ1) is 5.70. The molecule has 1 atom stereocenters. The van der Waals surface area contributed by atoms with Crippen LogP contribution < -0.4 is 10.9 Å². The van der Waals surface area contributed by atoms with Crippen molar-refractivity contribution >= 4 is 0 Å². The Kier molecular flexibility index (Phi) is 7.11. The molecule has 0 aromatic rings. The Hall–Kier alpha value is -0.340. The van der Waals surface area contributed by atoms with Crippen LogP contribution in [0, 0.1) is 5.92 Å². The summed E-state index contributed by atoms with van der Waals surface area (Å²) in [5.41, 5.74) is 7.31. The second-order valence-electron chi connectivity index (χ2n) is 3.39. The van der Waals surface area contributed by atoms with Crippen LogP contribution in [-0.2, 0) is 0 Å². The molecule has 0 aromatic carbocycles. The number of hydrazine groups is 1. The van der Waals surface area contributed by atoms with Crippen molar-refractivity contribution in [2.45, 2.75) is 33.1 Å². The molecular formula is C10H22N2. The number of rotatable bonds is 7. The van der Waals surface area contributed by atoms with Gasteiger partial charge in [-0.25, -0.2) is 0 Å². The minimum absolute atomic E-state index is 0.784. The molecule has 0 amide bonds. The summed E-state index contributed by atoms with van der Waals surface area (Å²) in [6, 6.07) is 0. The molecule has 0 radical (unpaired) electrons. The molecule has 0 aliphatic heterocycles. The van der Waals surface area contributed by atoms with Crippen LogP contribution in [0.5, 0.6) is 0 Å². The van der Waals surface area contributed by atoms with Crippen LogP contribution in [0.2, 0.25) is 0 Å². The Morgan fingerprint density at radius 2 is 2.17 bits per heavy atom. The van der Waals surface area contributed by atoms with Crippen LogP contribution in [0.1, 0.15) is 33.1 Å². The normalized spacial score (nSPS) is 12.9. The van der Waals surface area contributed by atoms with Crippen molar-refractivity contribution in [2.75, 3.05) is 13.6 Å². The first-order valence-corrected chi connectivity index (χ1v) is 4.77. The average molecular weight is 170 g/mol. The predicted molar refractivity (Wildman–Crippen MR) is 54.9 cm³/mol. The fourth-order valence-corrected chi connectivity index (χ4v) is 1.10. The lowest BCUT2D eigenvalue weighted by molar-refractivity contribution is 0.532. The quantitative estimate of drug-likeness (QED) is 0.347. The summed E-state index contributed by atoms with van der Waals surface area (Å²) in [7, 11) is 1.89. The molecule has 0 aliphatic carbocycles. The maximum Gasteiger partial charge on any atom is 0.0137 e. The van der Waals surface area contributed by atoms with Gasteiger partial charge >= 0.3 is 0 Å². The zero-order valence-electron chi connectivity index (χ0n) is 8.61. The average Bonchev–Trinajstić information content (AvgIpc) is 2.05. The van der Waals surface area contributed by atoms with Crippen molar-refractivity contribution in [3.8, 4) is 0 Å². The smallest absolute Gasteiger partial charge is 0.0137 e. The van der Waals surface area contributed by atoms with E-state index in [1.54, 1.807) is 0 Å². The minimum Gasteiger partial charge on any atom is -0.261 e. The summed E-state index contributed by atoms with van der Waals surface area (Å²) in [6.07, 6.45) is 3.49. The molecule has 0 aromatic heterocycles. The molecule has 2 N–H and O–H groups in total. The Morgan fingerprint density at radius 1 is 1.50 bits per heavy atom. The van der Waals surface area contributed by atoms with E-state index in [-0.39, 0.29) is 0 Å². The second kappa shape index (κ2) is 7.32. The van der Waals surface area contributed by atoms with E-state index in [9.17, 15) is 0 Å².